The van der Waals surface area contributed by atoms with E-state index >= 15 is 0 Å². The summed E-state index contributed by atoms with van der Waals surface area (Å²) in [7, 11) is 0. The topological polar surface area (TPSA) is 54.3 Å². The van der Waals surface area contributed by atoms with Crippen LogP contribution in [0.1, 0.15) is 31.2 Å². The summed E-state index contributed by atoms with van der Waals surface area (Å²) in [5, 5.41) is 5.90. The van der Waals surface area contributed by atoms with Gasteiger partial charge in [-0.3, -0.25) is 0 Å². The number of amides is 2. The van der Waals surface area contributed by atoms with Crippen molar-refractivity contribution >= 4 is 6.03 Å². The summed E-state index contributed by atoms with van der Waals surface area (Å²) in [5.41, 5.74) is 1.12. The van der Waals surface area contributed by atoms with E-state index in [-0.39, 0.29) is 12.1 Å². The molecule has 1 aromatic carbocycles. The monoisotopic (exact) mass is 286 g/mol. The maximum atomic E-state index is 12.0. The fourth-order valence-electron chi connectivity index (χ4n) is 2.24. The van der Waals surface area contributed by atoms with Crippen molar-refractivity contribution in [2.75, 3.05) is 6.54 Å². The number of benzene rings is 1. The van der Waals surface area contributed by atoms with E-state index in [0.717, 1.165) is 11.3 Å². The number of hydrogen-bond acceptors (Lipinski definition) is 2. The van der Waals surface area contributed by atoms with Gasteiger partial charge in [0.15, 0.2) is 0 Å². The van der Waals surface area contributed by atoms with Gasteiger partial charge >= 0.3 is 6.03 Å². The van der Waals surface area contributed by atoms with Crippen molar-refractivity contribution in [1.82, 2.24) is 10.6 Å². The SMILES string of the molecule is CC(C)C(NC(=O)NCCc1ccco1)c1ccccc1. The molecule has 0 saturated carbocycles. The van der Waals surface area contributed by atoms with Gasteiger partial charge in [0, 0.05) is 13.0 Å². The Hall–Kier alpha value is -2.23. The van der Waals surface area contributed by atoms with Crippen LogP contribution >= 0.6 is 0 Å². The fourth-order valence-corrected chi connectivity index (χ4v) is 2.24. The van der Waals surface area contributed by atoms with Crippen molar-refractivity contribution in [3.8, 4) is 0 Å². The van der Waals surface area contributed by atoms with Crippen LogP contribution in [0.4, 0.5) is 4.79 Å². The van der Waals surface area contributed by atoms with Gasteiger partial charge in [-0.25, -0.2) is 4.79 Å². The summed E-state index contributed by atoms with van der Waals surface area (Å²) in [4.78, 5) is 12.0. The lowest BCUT2D eigenvalue weighted by Gasteiger charge is -2.23. The Kier molecular flexibility index (Phi) is 5.43. The van der Waals surface area contributed by atoms with Crippen molar-refractivity contribution in [2.24, 2.45) is 5.92 Å². The lowest BCUT2D eigenvalue weighted by Crippen LogP contribution is -2.40. The average Bonchev–Trinajstić information content (AvgIpc) is 2.98. The number of hydrogen-bond donors (Lipinski definition) is 2. The molecule has 2 amide bonds. The van der Waals surface area contributed by atoms with Crippen molar-refractivity contribution < 1.29 is 9.21 Å². The maximum absolute atomic E-state index is 12.0. The quantitative estimate of drug-likeness (QED) is 0.853. The van der Waals surface area contributed by atoms with Gasteiger partial charge in [0.2, 0.25) is 0 Å². The minimum Gasteiger partial charge on any atom is -0.469 e. The highest BCUT2D eigenvalue weighted by atomic mass is 16.3. The Morgan fingerprint density at radius 3 is 2.52 bits per heavy atom. The predicted octanol–water partition coefficient (Wildman–Crippen LogP) is 3.52. The largest absolute Gasteiger partial charge is 0.469 e. The molecule has 0 spiro atoms. The van der Waals surface area contributed by atoms with Crippen LogP contribution in [0.15, 0.2) is 53.1 Å². The van der Waals surface area contributed by atoms with Crippen LogP contribution in [0.25, 0.3) is 0 Å². The van der Waals surface area contributed by atoms with E-state index in [2.05, 4.69) is 24.5 Å². The molecule has 2 N–H and O–H groups in total. The highest BCUT2D eigenvalue weighted by molar-refractivity contribution is 5.74. The highest BCUT2D eigenvalue weighted by Crippen LogP contribution is 2.20. The molecule has 4 heteroatoms. The summed E-state index contributed by atoms with van der Waals surface area (Å²) in [6.07, 6.45) is 2.33. The zero-order chi connectivity index (χ0) is 15.1. The normalized spacial score (nSPS) is 12.1. The number of carbonyl (C=O) groups excluding carboxylic acids is 1. The molecule has 0 fully saturated rings. The fraction of sp³-hybridized carbons (Fsp3) is 0.353. The predicted molar refractivity (Wildman–Crippen MR) is 83.0 cm³/mol. The van der Waals surface area contributed by atoms with Gasteiger partial charge in [0.1, 0.15) is 5.76 Å². The van der Waals surface area contributed by atoms with E-state index in [9.17, 15) is 4.79 Å². The second kappa shape index (κ2) is 7.53. The number of carbonyl (C=O) groups is 1. The first-order chi connectivity index (χ1) is 10.2. The summed E-state index contributed by atoms with van der Waals surface area (Å²) in [5.74, 6) is 1.20. The number of rotatable bonds is 6. The first kappa shape index (κ1) is 15.2. The van der Waals surface area contributed by atoms with E-state index in [4.69, 9.17) is 4.42 Å². The molecular formula is C17H22N2O2. The van der Waals surface area contributed by atoms with Gasteiger partial charge in [-0.2, -0.15) is 0 Å². The summed E-state index contributed by atoms with van der Waals surface area (Å²) >= 11 is 0. The van der Waals surface area contributed by atoms with Gasteiger partial charge in [0.25, 0.3) is 0 Å². The second-order valence-electron chi connectivity index (χ2n) is 5.36. The molecule has 0 aliphatic heterocycles. The van der Waals surface area contributed by atoms with E-state index in [1.54, 1.807) is 6.26 Å². The van der Waals surface area contributed by atoms with Gasteiger partial charge in [-0.1, -0.05) is 44.2 Å². The molecule has 0 saturated heterocycles. The Labute approximate surface area is 125 Å². The lowest BCUT2D eigenvalue weighted by molar-refractivity contribution is 0.233. The van der Waals surface area contributed by atoms with Crippen LogP contribution in [-0.2, 0) is 6.42 Å². The molecule has 1 heterocycles. The average molecular weight is 286 g/mol. The van der Waals surface area contributed by atoms with Gasteiger partial charge in [-0.15, -0.1) is 0 Å². The van der Waals surface area contributed by atoms with Crippen LogP contribution < -0.4 is 10.6 Å². The second-order valence-corrected chi connectivity index (χ2v) is 5.36. The Balaban J connectivity index is 1.84. The van der Waals surface area contributed by atoms with E-state index < -0.39 is 0 Å². The molecule has 1 unspecified atom stereocenters. The van der Waals surface area contributed by atoms with E-state index in [1.807, 2.05) is 42.5 Å². The molecule has 2 aromatic rings. The maximum Gasteiger partial charge on any atom is 0.315 e. The molecule has 2 rings (SSSR count). The molecular weight excluding hydrogens is 264 g/mol. The Morgan fingerprint density at radius 1 is 1.14 bits per heavy atom. The third kappa shape index (κ3) is 4.67. The van der Waals surface area contributed by atoms with Crippen LogP contribution in [0.5, 0.6) is 0 Å². The minimum absolute atomic E-state index is 0.00909. The first-order valence-electron chi connectivity index (χ1n) is 7.28. The third-order valence-corrected chi connectivity index (χ3v) is 3.35. The molecule has 0 radical (unpaired) electrons. The molecule has 1 aromatic heterocycles. The van der Waals surface area contributed by atoms with Crippen LogP contribution in [0.3, 0.4) is 0 Å². The minimum atomic E-state index is -0.149. The van der Waals surface area contributed by atoms with Gasteiger partial charge < -0.3 is 15.1 Å². The highest BCUT2D eigenvalue weighted by Gasteiger charge is 2.17. The van der Waals surface area contributed by atoms with Gasteiger partial charge in [-0.05, 0) is 23.6 Å². The van der Waals surface area contributed by atoms with Crippen LogP contribution in [-0.4, -0.2) is 12.6 Å². The molecule has 4 nitrogen and oxygen atoms in total. The van der Waals surface area contributed by atoms with Gasteiger partial charge in [0.05, 0.1) is 12.3 Å². The van der Waals surface area contributed by atoms with Crippen molar-refractivity contribution in [2.45, 2.75) is 26.3 Å². The Bertz CT molecular complexity index is 535. The number of nitrogens with one attached hydrogen (secondary N) is 2. The standard InChI is InChI=1S/C17H22N2O2/c1-13(2)16(14-7-4-3-5-8-14)19-17(20)18-11-10-15-9-6-12-21-15/h3-9,12-13,16H,10-11H2,1-2H3,(H2,18,19,20). The molecule has 112 valence electrons. The lowest BCUT2D eigenvalue weighted by atomic mass is 9.96. The molecule has 1 atom stereocenters. The summed E-state index contributed by atoms with van der Waals surface area (Å²) in [6.45, 7) is 4.75. The third-order valence-electron chi connectivity index (χ3n) is 3.35. The molecule has 0 aliphatic carbocycles. The number of urea groups is 1. The van der Waals surface area contributed by atoms with E-state index in [1.165, 1.54) is 0 Å². The summed E-state index contributed by atoms with van der Waals surface area (Å²) in [6, 6.07) is 13.6. The zero-order valence-electron chi connectivity index (χ0n) is 12.5. The molecule has 0 aliphatic rings. The molecule has 0 bridgehead atoms. The summed E-state index contributed by atoms with van der Waals surface area (Å²) < 4.78 is 5.23. The zero-order valence-corrected chi connectivity index (χ0v) is 12.5. The van der Waals surface area contributed by atoms with Crippen molar-refractivity contribution in [1.29, 1.82) is 0 Å². The van der Waals surface area contributed by atoms with E-state index in [0.29, 0.717) is 18.9 Å². The smallest absolute Gasteiger partial charge is 0.315 e. The number of furan rings is 1. The molecule has 21 heavy (non-hydrogen) atoms. The first-order valence-corrected chi connectivity index (χ1v) is 7.28. The van der Waals surface area contributed by atoms with Crippen LogP contribution in [0.2, 0.25) is 0 Å². The van der Waals surface area contributed by atoms with Crippen molar-refractivity contribution in [3.05, 3.63) is 60.1 Å². The van der Waals surface area contributed by atoms with Crippen LogP contribution in [0, 0.1) is 5.92 Å². The Morgan fingerprint density at radius 2 is 1.90 bits per heavy atom. The van der Waals surface area contributed by atoms with Crippen molar-refractivity contribution in [3.63, 3.8) is 0 Å².